The zero-order chi connectivity index (χ0) is 15.2. The molecular formula is C17H27N3O. The zero-order valence-electron chi connectivity index (χ0n) is 13.4. The first kappa shape index (κ1) is 16.0. The van der Waals surface area contributed by atoms with Gasteiger partial charge < -0.3 is 15.5 Å². The molecule has 0 fully saturated rings. The summed E-state index contributed by atoms with van der Waals surface area (Å²) >= 11 is 0. The van der Waals surface area contributed by atoms with E-state index in [1.807, 2.05) is 19.1 Å². The maximum Gasteiger partial charge on any atom is 0.179 e. The Morgan fingerprint density at radius 1 is 1.43 bits per heavy atom. The van der Waals surface area contributed by atoms with Crippen LogP contribution < -0.4 is 10.6 Å². The smallest absolute Gasteiger partial charge is 0.179 e. The Morgan fingerprint density at radius 2 is 2.24 bits per heavy atom. The average molecular weight is 289 g/mol. The van der Waals surface area contributed by atoms with Crippen LogP contribution in [-0.4, -0.2) is 50.5 Å². The Kier molecular flexibility index (Phi) is 5.76. The summed E-state index contributed by atoms with van der Waals surface area (Å²) in [5, 5.41) is 6.70. The Labute approximate surface area is 127 Å². The van der Waals surface area contributed by atoms with Crippen LogP contribution in [0.3, 0.4) is 0 Å². The average Bonchev–Trinajstić information content (AvgIpc) is 2.50. The van der Waals surface area contributed by atoms with Crippen molar-refractivity contribution in [3.63, 3.8) is 0 Å². The third kappa shape index (κ3) is 4.55. The number of carbonyl (C=O) groups excluding carboxylic acids is 1. The van der Waals surface area contributed by atoms with E-state index in [1.54, 1.807) is 0 Å². The van der Waals surface area contributed by atoms with Crippen molar-refractivity contribution >= 4 is 11.5 Å². The van der Waals surface area contributed by atoms with Crippen molar-refractivity contribution in [1.29, 1.82) is 0 Å². The van der Waals surface area contributed by atoms with Gasteiger partial charge in [-0.3, -0.25) is 4.79 Å². The van der Waals surface area contributed by atoms with Crippen LogP contribution in [0.1, 0.15) is 35.7 Å². The number of hydrogen-bond acceptors (Lipinski definition) is 4. The highest BCUT2D eigenvalue weighted by molar-refractivity contribution is 6.00. The largest absolute Gasteiger partial charge is 0.385 e. The molecule has 4 nitrogen and oxygen atoms in total. The summed E-state index contributed by atoms with van der Waals surface area (Å²) in [4.78, 5) is 14.6. The minimum absolute atomic E-state index is 0.123. The van der Waals surface area contributed by atoms with Crippen LogP contribution in [0, 0.1) is 0 Å². The Bertz CT molecular complexity index is 485. The molecule has 2 N–H and O–H groups in total. The topological polar surface area (TPSA) is 44.4 Å². The molecule has 1 atom stereocenters. The van der Waals surface area contributed by atoms with Crippen molar-refractivity contribution in [2.45, 2.75) is 32.2 Å². The van der Waals surface area contributed by atoms with E-state index in [4.69, 9.17) is 0 Å². The lowest BCUT2D eigenvalue weighted by Gasteiger charge is -2.19. The van der Waals surface area contributed by atoms with Gasteiger partial charge in [-0.2, -0.15) is 0 Å². The maximum atomic E-state index is 12.5. The highest BCUT2D eigenvalue weighted by Gasteiger charge is 2.17. The van der Waals surface area contributed by atoms with Gasteiger partial charge in [0.2, 0.25) is 0 Å². The summed E-state index contributed by atoms with van der Waals surface area (Å²) in [6.45, 7) is 4.90. The van der Waals surface area contributed by atoms with E-state index in [1.165, 1.54) is 11.3 Å². The number of benzene rings is 1. The summed E-state index contributed by atoms with van der Waals surface area (Å²) in [5.74, 6) is 0.188. The van der Waals surface area contributed by atoms with Crippen LogP contribution in [-0.2, 0) is 6.42 Å². The first-order chi connectivity index (χ1) is 10.1. The number of rotatable bonds is 7. The Morgan fingerprint density at radius 3 is 3.00 bits per heavy atom. The van der Waals surface area contributed by atoms with Gasteiger partial charge in [0.15, 0.2) is 5.78 Å². The second-order valence-corrected chi connectivity index (χ2v) is 6.10. The van der Waals surface area contributed by atoms with Gasteiger partial charge in [-0.25, -0.2) is 0 Å². The number of hydrogen-bond donors (Lipinski definition) is 2. The molecule has 1 heterocycles. The van der Waals surface area contributed by atoms with E-state index in [0.29, 0.717) is 0 Å². The molecule has 0 spiro atoms. The molecule has 1 aromatic carbocycles. The predicted octanol–water partition coefficient (Wildman–Crippen LogP) is 2.16. The highest BCUT2D eigenvalue weighted by Crippen LogP contribution is 2.23. The number of ketones is 1. The fourth-order valence-electron chi connectivity index (χ4n) is 2.68. The van der Waals surface area contributed by atoms with Gasteiger partial charge in [0, 0.05) is 17.8 Å². The summed E-state index contributed by atoms with van der Waals surface area (Å²) < 4.78 is 0. The lowest BCUT2D eigenvalue weighted by atomic mass is 9.97. The van der Waals surface area contributed by atoms with Crippen molar-refractivity contribution < 1.29 is 4.79 Å². The monoisotopic (exact) mass is 289 g/mol. The van der Waals surface area contributed by atoms with E-state index < -0.39 is 0 Å². The molecule has 2 rings (SSSR count). The molecule has 0 saturated carbocycles. The lowest BCUT2D eigenvalue weighted by molar-refractivity contribution is 0.0950. The van der Waals surface area contributed by atoms with Gasteiger partial charge in [-0.15, -0.1) is 0 Å². The molecule has 4 heteroatoms. The molecule has 1 aliphatic heterocycles. The summed E-state index contributed by atoms with van der Waals surface area (Å²) in [5.41, 5.74) is 3.28. The van der Waals surface area contributed by atoms with Crippen molar-refractivity contribution in [1.82, 2.24) is 10.2 Å². The normalized spacial score (nSPS) is 15.4. The molecule has 0 saturated heterocycles. The van der Waals surface area contributed by atoms with Crippen molar-refractivity contribution in [2.24, 2.45) is 0 Å². The van der Waals surface area contributed by atoms with Crippen LogP contribution in [0.4, 0.5) is 5.69 Å². The SMILES string of the molecule is CC(NCCCN(C)C)C(=O)c1ccc2c(c1)CCCN2. The number of nitrogens with one attached hydrogen (secondary N) is 2. The molecule has 1 aliphatic rings. The quantitative estimate of drug-likeness (QED) is 0.596. The molecule has 0 bridgehead atoms. The van der Waals surface area contributed by atoms with Crippen LogP contribution in [0.25, 0.3) is 0 Å². The maximum absolute atomic E-state index is 12.5. The van der Waals surface area contributed by atoms with Crippen LogP contribution >= 0.6 is 0 Å². The number of fused-ring (bicyclic) bond motifs is 1. The summed E-state index contributed by atoms with van der Waals surface area (Å²) in [6.07, 6.45) is 3.26. The number of aryl methyl sites for hydroxylation is 1. The molecule has 21 heavy (non-hydrogen) atoms. The fraction of sp³-hybridized carbons (Fsp3) is 0.588. The summed E-state index contributed by atoms with van der Waals surface area (Å²) in [6, 6.07) is 5.92. The number of Topliss-reactive ketones (excluding diaryl/α,β-unsaturated/α-hetero) is 1. The van der Waals surface area contributed by atoms with Gasteiger partial charge in [0.1, 0.15) is 0 Å². The van der Waals surface area contributed by atoms with Crippen molar-refractivity contribution in [3.05, 3.63) is 29.3 Å². The van der Waals surface area contributed by atoms with Gasteiger partial charge >= 0.3 is 0 Å². The lowest BCUT2D eigenvalue weighted by Crippen LogP contribution is -2.35. The standard InChI is InChI=1S/C17H27N3O/c1-13(18-10-5-11-20(2)3)17(21)15-7-8-16-14(12-15)6-4-9-19-16/h7-8,12-13,18-19H,4-6,9-11H2,1-3H3. The van der Waals surface area contributed by atoms with E-state index >= 15 is 0 Å². The minimum Gasteiger partial charge on any atom is -0.385 e. The summed E-state index contributed by atoms with van der Waals surface area (Å²) in [7, 11) is 4.13. The van der Waals surface area contributed by atoms with E-state index in [2.05, 4.69) is 35.7 Å². The molecule has 0 amide bonds. The predicted molar refractivity (Wildman–Crippen MR) is 88.2 cm³/mol. The van der Waals surface area contributed by atoms with Crippen molar-refractivity contribution in [2.75, 3.05) is 39.0 Å². The zero-order valence-corrected chi connectivity index (χ0v) is 13.4. The first-order valence-electron chi connectivity index (χ1n) is 7.87. The molecule has 116 valence electrons. The van der Waals surface area contributed by atoms with Gasteiger partial charge in [0.05, 0.1) is 6.04 Å². The van der Waals surface area contributed by atoms with Gasteiger partial charge in [0.25, 0.3) is 0 Å². The number of carbonyl (C=O) groups is 1. The van der Waals surface area contributed by atoms with Gasteiger partial charge in [-0.1, -0.05) is 0 Å². The van der Waals surface area contributed by atoms with E-state index in [9.17, 15) is 4.79 Å². The molecule has 1 unspecified atom stereocenters. The number of nitrogens with zero attached hydrogens (tertiary/aromatic N) is 1. The Hall–Kier alpha value is -1.39. The second-order valence-electron chi connectivity index (χ2n) is 6.10. The van der Waals surface area contributed by atoms with Gasteiger partial charge in [-0.05, 0) is 77.1 Å². The number of anilines is 1. The highest BCUT2D eigenvalue weighted by atomic mass is 16.1. The molecular weight excluding hydrogens is 262 g/mol. The molecule has 0 radical (unpaired) electrons. The molecule has 1 aromatic rings. The van der Waals surface area contributed by atoms with Crippen LogP contribution in [0.5, 0.6) is 0 Å². The minimum atomic E-state index is -0.123. The Balaban J connectivity index is 1.90. The molecule has 0 aromatic heterocycles. The van der Waals surface area contributed by atoms with Crippen LogP contribution in [0.15, 0.2) is 18.2 Å². The first-order valence-corrected chi connectivity index (χ1v) is 7.87. The molecule has 0 aliphatic carbocycles. The third-order valence-corrected chi connectivity index (χ3v) is 3.95. The second kappa shape index (κ2) is 7.57. The van der Waals surface area contributed by atoms with Crippen molar-refractivity contribution in [3.8, 4) is 0 Å². The van der Waals surface area contributed by atoms with Crippen LogP contribution in [0.2, 0.25) is 0 Å². The fourth-order valence-corrected chi connectivity index (χ4v) is 2.68. The van der Waals surface area contributed by atoms with E-state index in [0.717, 1.165) is 44.5 Å². The van der Waals surface area contributed by atoms with E-state index in [-0.39, 0.29) is 11.8 Å². The third-order valence-electron chi connectivity index (χ3n) is 3.95.